The summed E-state index contributed by atoms with van der Waals surface area (Å²) in [6.45, 7) is -0.544. The first-order valence-electron chi connectivity index (χ1n) is 6.76. The molecule has 0 aliphatic carbocycles. The van der Waals surface area contributed by atoms with Crippen molar-refractivity contribution in [2.75, 3.05) is 13.7 Å². The zero-order chi connectivity index (χ0) is 17.1. The van der Waals surface area contributed by atoms with Crippen molar-refractivity contribution in [2.45, 2.75) is 18.3 Å². The van der Waals surface area contributed by atoms with Gasteiger partial charge in [0.25, 0.3) is 0 Å². The molecule has 4 nitrogen and oxygen atoms in total. The zero-order valence-electron chi connectivity index (χ0n) is 12.3. The van der Waals surface area contributed by atoms with Crippen molar-refractivity contribution in [3.05, 3.63) is 42.0 Å². The van der Waals surface area contributed by atoms with Crippen LogP contribution in [-0.2, 0) is 20.7 Å². The molecule has 0 aliphatic rings. The number of fused-ring (bicyclic) bond motifs is 1. The van der Waals surface area contributed by atoms with Gasteiger partial charge in [-0.2, -0.15) is 21.6 Å². The summed E-state index contributed by atoms with van der Waals surface area (Å²) in [5.74, 6) is 0.599. The minimum Gasteiger partial charge on any atom is -0.496 e. The first kappa shape index (κ1) is 17.6. The van der Waals surface area contributed by atoms with Crippen molar-refractivity contribution < 1.29 is 30.5 Å². The monoisotopic (exact) mass is 348 g/mol. The van der Waals surface area contributed by atoms with Gasteiger partial charge in [0.1, 0.15) is 5.75 Å². The lowest BCUT2D eigenvalue weighted by molar-refractivity contribution is -0.0542. The van der Waals surface area contributed by atoms with Gasteiger partial charge >= 0.3 is 15.6 Å². The van der Waals surface area contributed by atoms with Crippen LogP contribution < -0.4 is 4.74 Å². The molecule has 0 aromatic heterocycles. The number of alkyl halides is 3. The first-order valence-corrected chi connectivity index (χ1v) is 8.17. The lowest BCUT2D eigenvalue weighted by atomic mass is 10.0. The SMILES string of the molecule is COc1cc2ccccc2cc1CCCOS(=O)(=O)C(F)(F)F. The maximum atomic E-state index is 12.1. The molecule has 0 unspecified atom stereocenters. The van der Waals surface area contributed by atoms with Crippen LogP contribution in [0.1, 0.15) is 12.0 Å². The molecule has 2 aromatic carbocycles. The van der Waals surface area contributed by atoms with Crippen LogP contribution >= 0.6 is 0 Å². The van der Waals surface area contributed by atoms with Crippen LogP contribution in [0.3, 0.4) is 0 Å². The molecular formula is C15H15F3O4S. The molecule has 0 saturated carbocycles. The predicted molar refractivity (Wildman–Crippen MR) is 79.7 cm³/mol. The molecule has 0 saturated heterocycles. The summed E-state index contributed by atoms with van der Waals surface area (Å²) < 4.78 is 67.3. The Morgan fingerprint density at radius 3 is 2.26 bits per heavy atom. The molecule has 23 heavy (non-hydrogen) atoms. The lowest BCUT2D eigenvalue weighted by Gasteiger charge is -2.11. The third-order valence-corrected chi connectivity index (χ3v) is 4.31. The van der Waals surface area contributed by atoms with Gasteiger partial charge in [-0.1, -0.05) is 24.3 Å². The fraction of sp³-hybridized carbons (Fsp3) is 0.333. The fourth-order valence-electron chi connectivity index (χ4n) is 2.15. The highest BCUT2D eigenvalue weighted by Gasteiger charge is 2.47. The maximum Gasteiger partial charge on any atom is 0.523 e. The fourth-order valence-corrected chi connectivity index (χ4v) is 2.62. The van der Waals surface area contributed by atoms with E-state index in [9.17, 15) is 21.6 Å². The van der Waals surface area contributed by atoms with E-state index in [0.717, 1.165) is 16.3 Å². The molecule has 0 heterocycles. The molecule has 2 rings (SSSR count). The number of rotatable bonds is 6. The molecule has 0 atom stereocenters. The minimum atomic E-state index is -5.53. The third kappa shape index (κ3) is 4.14. The van der Waals surface area contributed by atoms with E-state index in [4.69, 9.17) is 4.74 Å². The topological polar surface area (TPSA) is 52.6 Å². The second-order valence-corrected chi connectivity index (χ2v) is 6.44. The Morgan fingerprint density at radius 2 is 1.70 bits per heavy atom. The molecule has 8 heteroatoms. The number of ether oxygens (including phenoxy) is 1. The van der Waals surface area contributed by atoms with Gasteiger partial charge in [-0.05, 0) is 41.3 Å². The molecule has 2 aromatic rings. The van der Waals surface area contributed by atoms with Crippen molar-refractivity contribution in [3.8, 4) is 5.75 Å². The van der Waals surface area contributed by atoms with Gasteiger partial charge in [0.2, 0.25) is 0 Å². The Morgan fingerprint density at radius 1 is 1.09 bits per heavy atom. The van der Waals surface area contributed by atoms with E-state index in [1.54, 1.807) is 0 Å². The molecule has 0 aliphatic heterocycles. The smallest absolute Gasteiger partial charge is 0.496 e. The van der Waals surface area contributed by atoms with Gasteiger partial charge in [0.15, 0.2) is 0 Å². The number of hydrogen-bond acceptors (Lipinski definition) is 4. The summed E-state index contributed by atoms with van der Waals surface area (Å²) >= 11 is 0. The van der Waals surface area contributed by atoms with Crippen molar-refractivity contribution in [1.29, 1.82) is 0 Å². The molecule has 0 spiro atoms. The minimum absolute atomic E-state index is 0.115. The van der Waals surface area contributed by atoms with Crippen molar-refractivity contribution >= 4 is 20.9 Å². The second kappa shape index (κ2) is 6.76. The van der Waals surface area contributed by atoms with Gasteiger partial charge in [0, 0.05) is 0 Å². The van der Waals surface area contributed by atoms with Gasteiger partial charge in [0.05, 0.1) is 13.7 Å². The normalized spacial score (nSPS) is 12.5. The van der Waals surface area contributed by atoms with Gasteiger partial charge < -0.3 is 4.74 Å². The average molecular weight is 348 g/mol. The number of benzene rings is 2. The Labute approximate surface area is 131 Å². The van der Waals surface area contributed by atoms with Gasteiger partial charge in [-0.3, -0.25) is 4.18 Å². The Hall–Kier alpha value is -1.80. The van der Waals surface area contributed by atoms with E-state index in [2.05, 4.69) is 4.18 Å². The van der Waals surface area contributed by atoms with Crippen LogP contribution in [0.25, 0.3) is 10.8 Å². The largest absolute Gasteiger partial charge is 0.523 e. The quantitative estimate of drug-likeness (QED) is 0.454. The Kier molecular flexibility index (Phi) is 5.16. The summed E-state index contributed by atoms with van der Waals surface area (Å²) in [5.41, 5.74) is -4.62. The highest BCUT2D eigenvalue weighted by atomic mass is 32.2. The molecule has 0 bridgehead atoms. The highest BCUT2D eigenvalue weighted by molar-refractivity contribution is 7.87. The van der Waals surface area contributed by atoms with Gasteiger partial charge in [-0.15, -0.1) is 0 Å². The summed E-state index contributed by atoms with van der Waals surface area (Å²) in [6.07, 6.45) is 0.450. The Bertz CT molecular complexity index is 785. The summed E-state index contributed by atoms with van der Waals surface area (Å²) in [4.78, 5) is 0. The average Bonchev–Trinajstić information content (AvgIpc) is 2.49. The number of methoxy groups -OCH3 is 1. The van der Waals surface area contributed by atoms with Crippen LogP contribution in [0.4, 0.5) is 13.2 Å². The van der Waals surface area contributed by atoms with E-state index >= 15 is 0 Å². The molecule has 0 fully saturated rings. The Balaban J connectivity index is 2.05. The van der Waals surface area contributed by atoms with Gasteiger partial charge in [-0.25, -0.2) is 0 Å². The zero-order valence-corrected chi connectivity index (χ0v) is 13.1. The number of aryl methyl sites for hydroxylation is 1. The van der Waals surface area contributed by atoms with Crippen molar-refractivity contribution in [2.24, 2.45) is 0 Å². The van der Waals surface area contributed by atoms with Crippen LogP contribution in [0.5, 0.6) is 5.75 Å². The van der Waals surface area contributed by atoms with E-state index in [-0.39, 0.29) is 6.42 Å². The number of halogens is 3. The third-order valence-electron chi connectivity index (χ3n) is 3.26. The van der Waals surface area contributed by atoms with E-state index in [1.807, 2.05) is 36.4 Å². The summed E-state index contributed by atoms with van der Waals surface area (Å²) in [6, 6.07) is 11.3. The first-order chi connectivity index (χ1) is 10.7. The molecule has 126 valence electrons. The van der Waals surface area contributed by atoms with E-state index in [1.165, 1.54) is 7.11 Å². The molecular weight excluding hydrogens is 333 g/mol. The maximum absolute atomic E-state index is 12.1. The second-order valence-electron chi connectivity index (χ2n) is 4.84. The van der Waals surface area contributed by atoms with Crippen LogP contribution in [0.2, 0.25) is 0 Å². The van der Waals surface area contributed by atoms with E-state index in [0.29, 0.717) is 12.2 Å². The van der Waals surface area contributed by atoms with Crippen molar-refractivity contribution in [3.63, 3.8) is 0 Å². The molecule has 0 amide bonds. The van der Waals surface area contributed by atoms with Crippen LogP contribution in [-0.4, -0.2) is 27.6 Å². The standard InChI is InChI=1S/C15H15F3O4S/c1-21-14-10-12-6-3-2-5-11(12)9-13(14)7-4-8-22-23(19,20)15(16,17)18/h2-3,5-6,9-10H,4,7-8H2,1H3. The predicted octanol–water partition coefficient (Wildman–Crippen LogP) is 3.65. The number of hydrogen-bond donors (Lipinski definition) is 0. The highest BCUT2D eigenvalue weighted by Crippen LogP contribution is 2.28. The summed E-state index contributed by atoms with van der Waals surface area (Å²) in [7, 11) is -4.04. The molecule has 0 radical (unpaired) electrons. The van der Waals surface area contributed by atoms with Crippen LogP contribution in [0.15, 0.2) is 36.4 Å². The summed E-state index contributed by atoms with van der Waals surface area (Å²) in [5, 5.41) is 1.94. The van der Waals surface area contributed by atoms with Crippen LogP contribution in [0, 0.1) is 0 Å². The lowest BCUT2D eigenvalue weighted by Crippen LogP contribution is -2.26. The molecule has 0 N–H and O–H groups in total. The van der Waals surface area contributed by atoms with Crippen molar-refractivity contribution in [1.82, 2.24) is 0 Å². The van der Waals surface area contributed by atoms with E-state index < -0.39 is 22.2 Å².